The number of hydrogen-bond donors (Lipinski definition) is 3. The van der Waals surface area contributed by atoms with E-state index in [9.17, 15) is 18.8 Å². The van der Waals surface area contributed by atoms with Crippen molar-refractivity contribution in [1.82, 2.24) is 15.3 Å². The molecular weight excluding hydrogens is 465 g/mol. The summed E-state index contributed by atoms with van der Waals surface area (Å²) in [5.41, 5.74) is 0.861. The number of ether oxygens (including phenoxy) is 2. The molecule has 2 aromatic heterocycles. The lowest BCUT2D eigenvalue weighted by Crippen LogP contribution is -2.27. The van der Waals surface area contributed by atoms with Gasteiger partial charge in [0.2, 0.25) is 5.82 Å². The van der Waals surface area contributed by atoms with Crippen LogP contribution in [0, 0.1) is 17.7 Å². The van der Waals surface area contributed by atoms with Gasteiger partial charge in [0.25, 0.3) is 11.5 Å². The van der Waals surface area contributed by atoms with Gasteiger partial charge < -0.3 is 24.9 Å². The van der Waals surface area contributed by atoms with Crippen LogP contribution in [0.4, 0.5) is 4.39 Å². The van der Waals surface area contributed by atoms with Crippen molar-refractivity contribution in [3.63, 3.8) is 0 Å². The molecular formula is C23H24FN3O6S. The van der Waals surface area contributed by atoms with Crippen LogP contribution in [0.2, 0.25) is 0 Å². The SMILES string of the molecule is COc1cc(CNC(=O)c2nc3scc(COCC4CCC(C(=O)O)C4)c3c(=O)[nH]2)ccc1F. The molecule has 3 N–H and O–H groups in total. The molecule has 9 nitrogen and oxygen atoms in total. The minimum Gasteiger partial charge on any atom is -0.494 e. The monoisotopic (exact) mass is 489 g/mol. The normalized spacial score (nSPS) is 17.7. The Bertz CT molecular complexity index is 1270. The fraction of sp³-hybridized carbons (Fsp3) is 0.391. The van der Waals surface area contributed by atoms with Crippen LogP contribution in [0.5, 0.6) is 5.75 Å². The molecule has 1 amide bonds. The second-order valence-electron chi connectivity index (χ2n) is 8.24. The van der Waals surface area contributed by atoms with E-state index in [0.29, 0.717) is 40.8 Å². The van der Waals surface area contributed by atoms with Gasteiger partial charge in [0, 0.05) is 18.7 Å². The number of carboxylic acid groups (broad SMARTS) is 1. The number of carbonyl (C=O) groups excluding carboxylic acids is 1. The van der Waals surface area contributed by atoms with E-state index in [1.165, 1.54) is 36.6 Å². The van der Waals surface area contributed by atoms with Gasteiger partial charge in [-0.25, -0.2) is 9.37 Å². The molecule has 4 rings (SSSR count). The van der Waals surface area contributed by atoms with E-state index in [-0.39, 0.29) is 36.6 Å². The summed E-state index contributed by atoms with van der Waals surface area (Å²) in [5, 5.41) is 13.9. The van der Waals surface area contributed by atoms with Crippen molar-refractivity contribution in [3.8, 4) is 5.75 Å². The average molecular weight is 490 g/mol. The molecule has 0 spiro atoms. The van der Waals surface area contributed by atoms with Crippen LogP contribution in [0.1, 0.15) is 41.0 Å². The molecule has 1 aliphatic carbocycles. The summed E-state index contributed by atoms with van der Waals surface area (Å²) in [7, 11) is 1.36. The van der Waals surface area contributed by atoms with E-state index in [2.05, 4.69) is 15.3 Å². The summed E-state index contributed by atoms with van der Waals surface area (Å²) >= 11 is 1.24. The molecule has 0 radical (unpaired) electrons. The Kier molecular flexibility index (Phi) is 7.23. The summed E-state index contributed by atoms with van der Waals surface area (Å²) in [6.07, 6.45) is 2.07. The standard InChI is InChI=1S/C23H24FN3O6S/c1-32-17-7-12(3-5-16(17)24)8-25-21(29)19-26-20(28)18-15(11-34-22(18)27-19)10-33-9-13-2-4-14(6-13)23(30)31/h3,5,7,11,13-14H,2,4,6,8-10H2,1H3,(H,25,29)(H,30,31)(H,26,27,28). The first kappa shape index (κ1) is 23.8. The number of aromatic amines is 1. The molecule has 1 saturated carbocycles. The molecule has 1 fully saturated rings. The number of aromatic nitrogens is 2. The Morgan fingerprint density at radius 3 is 2.91 bits per heavy atom. The minimum absolute atomic E-state index is 0.0719. The van der Waals surface area contributed by atoms with Gasteiger partial charge in [0.15, 0.2) is 11.6 Å². The lowest BCUT2D eigenvalue weighted by molar-refractivity contribution is -0.141. The zero-order chi connectivity index (χ0) is 24.2. The highest BCUT2D eigenvalue weighted by Crippen LogP contribution is 2.31. The first-order chi connectivity index (χ1) is 16.4. The number of halogens is 1. The van der Waals surface area contributed by atoms with Gasteiger partial charge in [0.1, 0.15) is 4.83 Å². The van der Waals surface area contributed by atoms with Crippen LogP contribution < -0.4 is 15.6 Å². The second kappa shape index (κ2) is 10.3. The number of carboxylic acids is 1. The molecule has 0 aliphatic heterocycles. The van der Waals surface area contributed by atoms with Crippen molar-refractivity contribution in [2.24, 2.45) is 11.8 Å². The summed E-state index contributed by atoms with van der Waals surface area (Å²) < 4.78 is 24.2. The first-order valence-electron chi connectivity index (χ1n) is 10.8. The number of fused-ring (bicyclic) bond motifs is 1. The lowest BCUT2D eigenvalue weighted by Gasteiger charge is -2.10. The van der Waals surface area contributed by atoms with Crippen LogP contribution in [0.25, 0.3) is 10.2 Å². The Morgan fingerprint density at radius 1 is 1.35 bits per heavy atom. The molecule has 0 saturated heterocycles. The molecule has 1 aromatic carbocycles. The van der Waals surface area contributed by atoms with Crippen LogP contribution in [-0.2, 0) is 22.7 Å². The van der Waals surface area contributed by atoms with E-state index >= 15 is 0 Å². The number of aliphatic carboxylic acids is 1. The minimum atomic E-state index is -0.763. The number of hydrogen-bond acceptors (Lipinski definition) is 7. The van der Waals surface area contributed by atoms with E-state index in [1.54, 1.807) is 5.38 Å². The van der Waals surface area contributed by atoms with Crippen LogP contribution >= 0.6 is 11.3 Å². The van der Waals surface area contributed by atoms with E-state index < -0.39 is 23.3 Å². The van der Waals surface area contributed by atoms with Crippen LogP contribution in [0.15, 0.2) is 28.4 Å². The largest absolute Gasteiger partial charge is 0.494 e. The zero-order valence-electron chi connectivity index (χ0n) is 18.4. The number of thiophene rings is 1. The Morgan fingerprint density at radius 2 is 2.18 bits per heavy atom. The van der Waals surface area contributed by atoms with Crippen LogP contribution in [-0.4, -0.2) is 40.7 Å². The molecule has 2 heterocycles. The number of methoxy groups -OCH3 is 1. The number of carbonyl (C=O) groups is 2. The summed E-state index contributed by atoms with van der Waals surface area (Å²) in [6.45, 7) is 0.739. The highest BCUT2D eigenvalue weighted by molar-refractivity contribution is 7.16. The number of rotatable bonds is 9. The Labute approximate surface area is 197 Å². The fourth-order valence-electron chi connectivity index (χ4n) is 4.09. The van der Waals surface area contributed by atoms with E-state index in [0.717, 1.165) is 6.42 Å². The summed E-state index contributed by atoms with van der Waals surface area (Å²) in [4.78, 5) is 43.5. The van der Waals surface area contributed by atoms with Crippen molar-refractivity contribution in [3.05, 3.63) is 56.7 Å². The molecule has 180 valence electrons. The molecule has 1 aliphatic rings. The van der Waals surface area contributed by atoms with Gasteiger partial charge in [-0.05, 0) is 48.3 Å². The average Bonchev–Trinajstić information content (AvgIpc) is 3.46. The first-order valence-corrected chi connectivity index (χ1v) is 11.6. The summed E-state index contributed by atoms with van der Waals surface area (Å²) in [6, 6.07) is 4.25. The third kappa shape index (κ3) is 5.26. The topological polar surface area (TPSA) is 131 Å². The molecule has 0 bridgehead atoms. The van der Waals surface area contributed by atoms with Gasteiger partial charge in [0.05, 0.1) is 25.0 Å². The van der Waals surface area contributed by atoms with Crippen molar-refractivity contribution >= 4 is 33.4 Å². The summed E-state index contributed by atoms with van der Waals surface area (Å²) in [5.74, 6) is -1.99. The molecule has 2 unspecified atom stereocenters. The maximum absolute atomic E-state index is 13.5. The lowest BCUT2D eigenvalue weighted by atomic mass is 10.1. The maximum Gasteiger partial charge on any atom is 0.306 e. The predicted octanol–water partition coefficient (Wildman–Crippen LogP) is 3.08. The van der Waals surface area contributed by atoms with Crippen molar-refractivity contribution in [1.29, 1.82) is 0 Å². The van der Waals surface area contributed by atoms with Gasteiger partial charge in [-0.3, -0.25) is 14.4 Å². The third-order valence-electron chi connectivity index (χ3n) is 5.91. The highest BCUT2D eigenvalue weighted by atomic mass is 32.1. The number of nitrogens with one attached hydrogen (secondary N) is 2. The predicted molar refractivity (Wildman–Crippen MR) is 122 cm³/mol. The smallest absolute Gasteiger partial charge is 0.306 e. The highest BCUT2D eigenvalue weighted by Gasteiger charge is 2.29. The van der Waals surface area contributed by atoms with Crippen molar-refractivity contribution < 1.29 is 28.6 Å². The van der Waals surface area contributed by atoms with Gasteiger partial charge in [-0.2, -0.15) is 0 Å². The van der Waals surface area contributed by atoms with Gasteiger partial charge in [-0.15, -0.1) is 11.3 Å². The maximum atomic E-state index is 13.5. The second-order valence-corrected chi connectivity index (χ2v) is 9.09. The number of amides is 1. The van der Waals surface area contributed by atoms with Crippen molar-refractivity contribution in [2.45, 2.75) is 32.4 Å². The van der Waals surface area contributed by atoms with Crippen LogP contribution in [0.3, 0.4) is 0 Å². The third-order valence-corrected chi connectivity index (χ3v) is 6.83. The zero-order valence-corrected chi connectivity index (χ0v) is 19.2. The van der Waals surface area contributed by atoms with Crippen molar-refractivity contribution in [2.75, 3.05) is 13.7 Å². The number of H-pyrrole nitrogens is 1. The van der Waals surface area contributed by atoms with Gasteiger partial charge in [-0.1, -0.05) is 6.07 Å². The number of nitrogens with zero attached hydrogens (tertiary/aromatic N) is 1. The molecule has 3 aromatic rings. The van der Waals surface area contributed by atoms with Gasteiger partial charge >= 0.3 is 5.97 Å². The Balaban J connectivity index is 1.38. The van der Waals surface area contributed by atoms with E-state index in [4.69, 9.17) is 14.6 Å². The Hall–Kier alpha value is -3.31. The van der Waals surface area contributed by atoms with E-state index in [1.807, 2.05) is 0 Å². The fourth-order valence-corrected chi connectivity index (χ4v) is 5.01. The quantitative estimate of drug-likeness (QED) is 0.421. The molecule has 34 heavy (non-hydrogen) atoms. The number of benzene rings is 1. The molecule has 11 heteroatoms. The molecule has 2 atom stereocenters.